The van der Waals surface area contributed by atoms with Gasteiger partial charge in [0.1, 0.15) is 0 Å². The summed E-state index contributed by atoms with van der Waals surface area (Å²) >= 11 is 6.02. The first kappa shape index (κ1) is 11.5. The van der Waals surface area contributed by atoms with Crippen molar-refractivity contribution >= 4 is 22.5 Å². The maximum absolute atomic E-state index is 6.02. The Morgan fingerprint density at radius 3 is 2.69 bits per heavy atom. The molecule has 2 rings (SSSR count). The van der Waals surface area contributed by atoms with Gasteiger partial charge < -0.3 is 9.47 Å². The van der Waals surface area contributed by atoms with E-state index in [1.54, 1.807) is 0 Å². The molecule has 3 heteroatoms. The average Bonchev–Trinajstić information content (AvgIpc) is 2.56. The maximum Gasteiger partial charge on any atom is 0.0822 e. The second kappa shape index (κ2) is 4.11. The highest BCUT2D eigenvalue weighted by Gasteiger charge is 2.10. The number of benzene rings is 1. The summed E-state index contributed by atoms with van der Waals surface area (Å²) in [6.07, 6.45) is 3.17. The lowest BCUT2D eigenvalue weighted by Gasteiger charge is -2.23. The summed E-state index contributed by atoms with van der Waals surface area (Å²) in [5, 5.41) is 2.06. The monoisotopic (exact) mass is 237 g/mol. The molecule has 0 aliphatic carbocycles. The number of likely N-dealkylation sites (N-methyl/N-ethyl adjacent to an activating group) is 1. The fraction of sp³-hybridized carbons (Fsp3) is 0.385. The topological polar surface area (TPSA) is 15.8 Å². The molecule has 16 heavy (non-hydrogen) atoms. The van der Waals surface area contributed by atoms with Crippen molar-refractivity contribution < 1.29 is 4.48 Å². The number of aromatic nitrogens is 1. The van der Waals surface area contributed by atoms with Crippen LogP contribution in [0.5, 0.6) is 0 Å². The molecule has 0 radical (unpaired) electrons. The standard InChI is InChI=1S/C13H18ClN2/c1-16(2,3)7-6-10-9-15-13-5-4-11(14)8-12(10)13/h4-5,8-9,15H,6-7H2,1-3H3/q+1. The second-order valence-corrected chi connectivity index (χ2v) is 5.70. The van der Waals surface area contributed by atoms with Crippen molar-refractivity contribution in [2.45, 2.75) is 6.42 Å². The highest BCUT2D eigenvalue weighted by Crippen LogP contribution is 2.22. The van der Waals surface area contributed by atoms with Crippen LogP contribution in [-0.4, -0.2) is 37.2 Å². The zero-order chi connectivity index (χ0) is 11.8. The van der Waals surface area contributed by atoms with Crippen LogP contribution < -0.4 is 0 Å². The predicted octanol–water partition coefficient (Wildman–Crippen LogP) is 3.07. The third-order valence-corrected chi connectivity index (χ3v) is 3.02. The van der Waals surface area contributed by atoms with Gasteiger partial charge in [0, 0.05) is 28.5 Å². The van der Waals surface area contributed by atoms with Gasteiger partial charge in [-0.2, -0.15) is 0 Å². The van der Waals surface area contributed by atoms with Crippen molar-refractivity contribution in [2.24, 2.45) is 0 Å². The van der Waals surface area contributed by atoms with Crippen LogP contribution in [0, 0.1) is 0 Å². The molecule has 0 atom stereocenters. The van der Waals surface area contributed by atoms with E-state index < -0.39 is 0 Å². The number of rotatable bonds is 3. The van der Waals surface area contributed by atoms with Crippen molar-refractivity contribution in [1.82, 2.24) is 4.98 Å². The molecular formula is C13H18ClN2+. The quantitative estimate of drug-likeness (QED) is 0.790. The molecule has 0 aliphatic rings. The number of H-pyrrole nitrogens is 1. The molecular weight excluding hydrogens is 220 g/mol. The van der Waals surface area contributed by atoms with Gasteiger partial charge in [0.15, 0.2) is 0 Å². The first-order chi connectivity index (χ1) is 7.46. The highest BCUT2D eigenvalue weighted by atomic mass is 35.5. The lowest BCUT2D eigenvalue weighted by atomic mass is 10.1. The molecule has 0 fully saturated rings. The number of halogens is 1. The Balaban J connectivity index is 2.28. The van der Waals surface area contributed by atoms with Crippen LogP contribution in [0.4, 0.5) is 0 Å². The summed E-state index contributed by atoms with van der Waals surface area (Å²) < 4.78 is 0.979. The molecule has 0 saturated carbocycles. The van der Waals surface area contributed by atoms with Gasteiger partial charge in [-0.05, 0) is 23.8 Å². The van der Waals surface area contributed by atoms with Crippen molar-refractivity contribution in [3.8, 4) is 0 Å². The van der Waals surface area contributed by atoms with Crippen LogP contribution in [0.1, 0.15) is 5.56 Å². The van der Waals surface area contributed by atoms with E-state index in [1.165, 1.54) is 16.5 Å². The molecule has 2 nitrogen and oxygen atoms in total. The SMILES string of the molecule is C[N+](C)(C)CCc1c[nH]c2ccc(Cl)cc12. The third kappa shape index (κ3) is 2.57. The molecule has 1 heterocycles. The van der Waals surface area contributed by atoms with E-state index in [9.17, 15) is 0 Å². The van der Waals surface area contributed by atoms with Crippen LogP contribution >= 0.6 is 11.6 Å². The van der Waals surface area contributed by atoms with Crippen molar-refractivity contribution in [3.63, 3.8) is 0 Å². The van der Waals surface area contributed by atoms with Gasteiger partial charge in [-0.15, -0.1) is 0 Å². The molecule has 0 spiro atoms. The van der Waals surface area contributed by atoms with E-state index in [1.807, 2.05) is 18.2 Å². The first-order valence-corrected chi connectivity index (χ1v) is 5.89. The number of quaternary nitrogens is 1. The van der Waals surface area contributed by atoms with Gasteiger partial charge in [0.05, 0.1) is 27.7 Å². The van der Waals surface area contributed by atoms with Crippen molar-refractivity contribution in [1.29, 1.82) is 0 Å². The lowest BCUT2D eigenvalue weighted by Crippen LogP contribution is -2.36. The minimum Gasteiger partial charge on any atom is -0.361 e. The summed E-state index contributed by atoms with van der Waals surface area (Å²) in [6.45, 7) is 1.12. The smallest absolute Gasteiger partial charge is 0.0822 e. The van der Waals surface area contributed by atoms with E-state index in [-0.39, 0.29) is 0 Å². The predicted molar refractivity (Wildman–Crippen MR) is 69.9 cm³/mol. The van der Waals surface area contributed by atoms with Crippen molar-refractivity contribution in [3.05, 3.63) is 35.0 Å². The zero-order valence-corrected chi connectivity index (χ0v) is 10.8. The molecule has 1 aromatic heterocycles. The minimum atomic E-state index is 0.804. The molecule has 0 amide bonds. The summed E-state index contributed by atoms with van der Waals surface area (Å²) in [6, 6.07) is 6.00. The third-order valence-electron chi connectivity index (χ3n) is 2.78. The van der Waals surface area contributed by atoms with E-state index in [0.717, 1.165) is 22.5 Å². The Morgan fingerprint density at radius 2 is 2.00 bits per heavy atom. The number of aromatic amines is 1. The molecule has 2 aromatic rings. The van der Waals surface area contributed by atoms with Crippen LogP contribution in [0.15, 0.2) is 24.4 Å². The Hall–Kier alpha value is -0.990. The molecule has 1 aromatic carbocycles. The Bertz CT molecular complexity index is 494. The Labute approximate surface area is 101 Å². The van der Waals surface area contributed by atoms with Crippen molar-refractivity contribution in [2.75, 3.05) is 27.7 Å². The van der Waals surface area contributed by atoms with Gasteiger partial charge >= 0.3 is 0 Å². The van der Waals surface area contributed by atoms with E-state index >= 15 is 0 Å². The average molecular weight is 238 g/mol. The second-order valence-electron chi connectivity index (χ2n) is 5.27. The number of nitrogens with zero attached hydrogens (tertiary/aromatic N) is 1. The lowest BCUT2D eigenvalue weighted by molar-refractivity contribution is -0.870. The summed E-state index contributed by atoms with van der Waals surface area (Å²) in [7, 11) is 6.63. The van der Waals surface area contributed by atoms with Crippen LogP contribution in [-0.2, 0) is 6.42 Å². The number of hydrogen-bond acceptors (Lipinski definition) is 0. The molecule has 0 saturated heterocycles. The minimum absolute atomic E-state index is 0.804. The molecule has 86 valence electrons. The van der Waals surface area contributed by atoms with Gasteiger partial charge in [-0.3, -0.25) is 0 Å². The summed E-state index contributed by atoms with van der Waals surface area (Å²) in [5.41, 5.74) is 2.52. The van der Waals surface area contributed by atoms with Crippen LogP contribution in [0.25, 0.3) is 10.9 Å². The van der Waals surface area contributed by atoms with E-state index in [2.05, 4.69) is 32.3 Å². The Morgan fingerprint density at radius 1 is 1.25 bits per heavy atom. The highest BCUT2D eigenvalue weighted by molar-refractivity contribution is 6.31. The van der Waals surface area contributed by atoms with Gasteiger partial charge in [-0.1, -0.05) is 11.6 Å². The van der Waals surface area contributed by atoms with Gasteiger partial charge in [0.2, 0.25) is 0 Å². The van der Waals surface area contributed by atoms with Gasteiger partial charge in [0.25, 0.3) is 0 Å². The fourth-order valence-electron chi connectivity index (χ4n) is 1.81. The summed E-state index contributed by atoms with van der Waals surface area (Å²) in [4.78, 5) is 3.29. The number of nitrogens with one attached hydrogen (secondary N) is 1. The summed E-state index contributed by atoms with van der Waals surface area (Å²) in [5.74, 6) is 0. The zero-order valence-electron chi connectivity index (χ0n) is 10.0. The molecule has 0 unspecified atom stereocenters. The normalized spacial score (nSPS) is 12.2. The number of hydrogen-bond donors (Lipinski definition) is 1. The number of fused-ring (bicyclic) bond motifs is 1. The molecule has 0 aliphatic heterocycles. The largest absolute Gasteiger partial charge is 0.361 e. The molecule has 1 N–H and O–H groups in total. The first-order valence-electron chi connectivity index (χ1n) is 5.52. The van der Waals surface area contributed by atoms with E-state index in [4.69, 9.17) is 11.6 Å². The maximum atomic E-state index is 6.02. The Kier molecular flexibility index (Phi) is 2.96. The van der Waals surface area contributed by atoms with Crippen LogP contribution in [0.2, 0.25) is 5.02 Å². The molecule has 0 bridgehead atoms. The van der Waals surface area contributed by atoms with Crippen LogP contribution in [0.3, 0.4) is 0 Å². The van der Waals surface area contributed by atoms with E-state index in [0.29, 0.717) is 0 Å². The van der Waals surface area contributed by atoms with Gasteiger partial charge in [-0.25, -0.2) is 0 Å². The fourth-order valence-corrected chi connectivity index (χ4v) is 1.99.